The van der Waals surface area contributed by atoms with E-state index in [1.54, 1.807) is 0 Å². The summed E-state index contributed by atoms with van der Waals surface area (Å²) >= 11 is 15.6. The van der Waals surface area contributed by atoms with Crippen LogP contribution in [-0.2, 0) is 6.42 Å². The van der Waals surface area contributed by atoms with E-state index in [1.807, 2.05) is 36.4 Å². The number of ether oxygens (including phenoxy) is 1. The lowest BCUT2D eigenvalue weighted by Gasteiger charge is -2.09. The van der Waals surface area contributed by atoms with E-state index < -0.39 is 0 Å². The molecular weight excluding hydrogens is 359 g/mol. The van der Waals surface area contributed by atoms with E-state index in [-0.39, 0.29) is 0 Å². The largest absolute Gasteiger partial charge is 0.492 e. The SMILES string of the molecule is Clc1cccc(Cc2ccc(OCCCBr)c(Cl)c2)c1. The van der Waals surface area contributed by atoms with E-state index in [4.69, 9.17) is 27.9 Å². The van der Waals surface area contributed by atoms with Gasteiger partial charge in [0.15, 0.2) is 0 Å². The van der Waals surface area contributed by atoms with Crippen molar-refractivity contribution in [3.05, 3.63) is 63.6 Å². The second-order valence-corrected chi connectivity index (χ2v) is 6.10. The highest BCUT2D eigenvalue weighted by atomic mass is 79.9. The molecule has 106 valence electrons. The van der Waals surface area contributed by atoms with Gasteiger partial charge >= 0.3 is 0 Å². The van der Waals surface area contributed by atoms with Crippen LogP contribution in [0.5, 0.6) is 5.75 Å². The van der Waals surface area contributed by atoms with Crippen molar-refractivity contribution in [2.75, 3.05) is 11.9 Å². The van der Waals surface area contributed by atoms with E-state index in [2.05, 4.69) is 22.0 Å². The molecule has 0 unspecified atom stereocenters. The fraction of sp³-hybridized carbons (Fsp3) is 0.250. The Balaban J connectivity index is 2.05. The molecule has 1 nitrogen and oxygen atoms in total. The first-order chi connectivity index (χ1) is 9.69. The van der Waals surface area contributed by atoms with E-state index in [0.717, 1.165) is 34.5 Å². The van der Waals surface area contributed by atoms with Crippen molar-refractivity contribution < 1.29 is 4.74 Å². The van der Waals surface area contributed by atoms with Gasteiger partial charge in [-0.05, 0) is 48.2 Å². The first kappa shape index (κ1) is 15.7. The first-order valence-corrected chi connectivity index (χ1v) is 8.28. The monoisotopic (exact) mass is 372 g/mol. The van der Waals surface area contributed by atoms with E-state index in [9.17, 15) is 0 Å². The Bertz CT molecular complexity index is 572. The van der Waals surface area contributed by atoms with Crippen molar-refractivity contribution in [3.8, 4) is 5.75 Å². The molecule has 0 spiro atoms. The van der Waals surface area contributed by atoms with E-state index in [0.29, 0.717) is 11.6 Å². The summed E-state index contributed by atoms with van der Waals surface area (Å²) in [5.74, 6) is 0.738. The van der Waals surface area contributed by atoms with Gasteiger partial charge in [0.1, 0.15) is 5.75 Å². The van der Waals surface area contributed by atoms with Crippen LogP contribution in [0.1, 0.15) is 17.5 Å². The maximum atomic E-state index is 6.24. The first-order valence-electron chi connectivity index (χ1n) is 6.40. The fourth-order valence-electron chi connectivity index (χ4n) is 1.89. The lowest BCUT2D eigenvalue weighted by Crippen LogP contribution is -1.98. The van der Waals surface area contributed by atoms with Crippen LogP contribution in [0.3, 0.4) is 0 Å². The molecule has 0 aliphatic carbocycles. The summed E-state index contributed by atoms with van der Waals surface area (Å²) in [6.45, 7) is 0.665. The predicted molar refractivity (Wildman–Crippen MR) is 89.6 cm³/mol. The highest BCUT2D eigenvalue weighted by Gasteiger charge is 2.04. The van der Waals surface area contributed by atoms with Gasteiger partial charge in [-0.25, -0.2) is 0 Å². The molecule has 0 amide bonds. The summed E-state index contributed by atoms with van der Waals surface area (Å²) in [5.41, 5.74) is 2.31. The highest BCUT2D eigenvalue weighted by molar-refractivity contribution is 9.09. The van der Waals surface area contributed by atoms with Crippen LogP contribution in [0.15, 0.2) is 42.5 Å². The lowest BCUT2D eigenvalue weighted by atomic mass is 10.1. The molecule has 0 N–H and O–H groups in total. The number of benzene rings is 2. The third kappa shape index (κ3) is 4.69. The molecule has 0 radical (unpaired) electrons. The second kappa shape index (κ2) is 7.92. The summed E-state index contributed by atoms with van der Waals surface area (Å²) in [5, 5.41) is 2.33. The molecular formula is C16H15BrCl2O. The quantitative estimate of drug-likeness (QED) is 0.462. The zero-order chi connectivity index (χ0) is 14.4. The molecule has 0 aliphatic rings. The van der Waals surface area contributed by atoms with Gasteiger partial charge in [0, 0.05) is 10.4 Å². The van der Waals surface area contributed by atoms with E-state index >= 15 is 0 Å². The van der Waals surface area contributed by atoms with Gasteiger partial charge in [0.25, 0.3) is 0 Å². The van der Waals surface area contributed by atoms with Gasteiger partial charge in [-0.15, -0.1) is 0 Å². The zero-order valence-electron chi connectivity index (χ0n) is 10.9. The summed E-state index contributed by atoms with van der Waals surface area (Å²) in [6, 6.07) is 13.8. The standard InChI is InChI=1S/C16H15BrCl2O/c17-7-2-8-20-16-6-5-13(11-15(16)19)9-12-3-1-4-14(18)10-12/h1,3-6,10-11H,2,7-9H2. The molecule has 2 aromatic carbocycles. The van der Waals surface area contributed by atoms with Gasteiger partial charge in [0.2, 0.25) is 0 Å². The van der Waals surface area contributed by atoms with Gasteiger partial charge in [-0.1, -0.05) is 57.3 Å². The number of hydrogen-bond donors (Lipinski definition) is 0. The molecule has 2 rings (SSSR count). The Morgan fingerprint density at radius 3 is 2.50 bits per heavy atom. The third-order valence-corrected chi connectivity index (χ3v) is 3.92. The minimum Gasteiger partial charge on any atom is -0.492 e. The molecule has 0 atom stereocenters. The third-order valence-electron chi connectivity index (χ3n) is 2.83. The van der Waals surface area contributed by atoms with Gasteiger partial charge in [0.05, 0.1) is 11.6 Å². The Morgan fingerprint density at radius 1 is 1.00 bits per heavy atom. The molecule has 0 saturated carbocycles. The van der Waals surface area contributed by atoms with Crippen molar-refractivity contribution >= 4 is 39.1 Å². The molecule has 20 heavy (non-hydrogen) atoms. The summed E-state index contributed by atoms with van der Waals surface area (Å²) in [6.07, 6.45) is 1.77. The van der Waals surface area contributed by atoms with Crippen LogP contribution < -0.4 is 4.74 Å². The van der Waals surface area contributed by atoms with Crippen LogP contribution in [0.4, 0.5) is 0 Å². The van der Waals surface area contributed by atoms with Crippen molar-refractivity contribution in [3.63, 3.8) is 0 Å². The van der Waals surface area contributed by atoms with Gasteiger partial charge in [-0.2, -0.15) is 0 Å². The average molecular weight is 374 g/mol. The number of alkyl halides is 1. The van der Waals surface area contributed by atoms with Crippen LogP contribution in [0.2, 0.25) is 10.0 Å². The second-order valence-electron chi connectivity index (χ2n) is 4.46. The molecule has 0 fully saturated rings. The molecule has 4 heteroatoms. The zero-order valence-corrected chi connectivity index (χ0v) is 14.0. The molecule has 0 saturated heterocycles. The lowest BCUT2D eigenvalue weighted by molar-refractivity contribution is 0.319. The average Bonchev–Trinajstić information content (AvgIpc) is 2.41. The van der Waals surface area contributed by atoms with Crippen molar-refractivity contribution in [1.82, 2.24) is 0 Å². The topological polar surface area (TPSA) is 9.23 Å². The van der Waals surface area contributed by atoms with Crippen molar-refractivity contribution in [2.24, 2.45) is 0 Å². The summed E-state index contributed by atoms with van der Waals surface area (Å²) in [4.78, 5) is 0. The summed E-state index contributed by atoms with van der Waals surface area (Å²) < 4.78 is 5.62. The predicted octanol–water partition coefficient (Wildman–Crippen LogP) is 5.75. The Hall–Kier alpha value is -0.700. The molecule has 0 heterocycles. The minimum absolute atomic E-state index is 0.652. The number of hydrogen-bond acceptors (Lipinski definition) is 1. The van der Waals surface area contributed by atoms with Crippen molar-refractivity contribution in [1.29, 1.82) is 0 Å². The van der Waals surface area contributed by atoms with E-state index in [1.165, 1.54) is 5.56 Å². The van der Waals surface area contributed by atoms with Crippen LogP contribution in [-0.4, -0.2) is 11.9 Å². The van der Waals surface area contributed by atoms with Crippen LogP contribution >= 0.6 is 39.1 Å². The fourth-order valence-corrected chi connectivity index (χ4v) is 2.59. The van der Waals surface area contributed by atoms with Crippen LogP contribution in [0, 0.1) is 0 Å². The molecule has 0 bridgehead atoms. The van der Waals surface area contributed by atoms with Crippen molar-refractivity contribution in [2.45, 2.75) is 12.8 Å². The number of halogens is 3. The number of rotatable bonds is 6. The normalized spacial score (nSPS) is 10.6. The maximum absolute atomic E-state index is 6.24. The Kier molecular flexibility index (Phi) is 6.21. The van der Waals surface area contributed by atoms with Gasteiger partial charge < -0.3 is 4.74 Å². The Morgan fingerprint density at radius 2 is 1.80 bits per heavy atom. The van der Waals surface area contributed by atoms with Crippen LogP contribution in [0.25, 0.3) is 0 Å². The molecule has 0 aliphatic heterocycles. The molecule has 0 aromatic heterocycles. The summed E-state index contributed by atoms with van der Waals surface area (Å²) in [7, 11) is 0. The molecule has 2 aromatic rings. The van der Waals surface area contributed by atoms with Gasteiger partial charge in [-0.3, -0.25) is 0 Å². The smallest absolute Gasteiger partial charge is 0.137 e. The maximum Gasteiger partial charge on any atom is 0.137 e. The minimum atomic E-state index is 0.652. The highest BCUT2D eigenvalue weighted by Crippen LogP contribution is 2.27. The Labute approximate surface area is 138 Å².